The van der Waals surface area contributed by atoms with Crippen LogP contribution in [0, 0.1) is 0 Å². The molecule has 50 valence electrons. The Morgan fingerprint density at radius 1 is 1.62 bits per heavy atom. The smallest absolute Gasteiger partial charge is 0.122 e. The minimum Gasteiger partial charge on any atom is -0.393 e. The lowest BCUT2D eigenvalue weighted by Crippen LogP contribution is -2.06. The normalized spacial score (nSPS) is 13.9. The van der Waals surface area contributed by atoms with Gasteiger partial charge in [-0.2, -0.15) is 0 Å². The molecule has 3 heteroatoms. The highest BCUT2D eigenvalue weighted by Crippen LogP contribution is 2.07. The predicted octanol–water partition coefficient (Wildman–Crippen LogP) is 0.440. The molecular formula is C5H12O2S. The molecule has 2 N–H and O–H groups in total. The van der Waals surface area contributed by atoms with E-state index in [2.05, 4.69) is 0 Å². The van der Waals surface area contributed by atoms with Gasteiger partial charge in [-0.05, 0) is 12.2 Å². The Labute approximate surface area is 53.9 Å². The quantitative estimate of drug-likeness (QED) is 0.551. The van der Waals surface area contributed by atoms with E-state index in [9.17, 15) is 0 Å². The van der Waals surface area contributed by atoms with Gasteiger partial charge >= 0.3 is 0 Å². The van der Waals surface area contributed by atoms with E-state index in [4.69, 9.17) is 10.2 Å². The summed E-state index contributed by atoms with van der Waals surface area (Å²) in [5, 5.41) is 17.0. The molecule has 0 saturated carbocycles. The number of hydrogen-bond acceptors (Lipinski definition) is 3. The molecule has 0 bridgehead atoms. The standard InChI is InChI=1S/C5H12O2S/c1-2-3-8-5(7)4-6/h5-7H,2-4H2,1H3. The monoisotopic (exact) mass is 136 g/mol. The molecule has 1 atom stereocenters. The van der Waals surface area contributed by atoms with Gasteiger partial charge in [0, 0.05) is 0 Å². The average molecular weight is 136 g/mol. The number of aliphatic hydroxyl groups excluding tert-OH is 2. The molecule has 0 fully saturated rings. The van der Waals surface area contributed by atoms with Gasteiger partial charge in [0.15, 0.2) is 0 Å². The molecule has 0 rings (SSSR count). The van der Waals surface area contributed by atoms with Crippen molar-refractivity contribution in [3.8, 4) is 0 Å². The first kappa shape index (κ1) is 8.27. The lowest BCUT2D eigenvalue weighted by atomic mass is 10.6. The second-order valence-electron chi connectivity index (χ2n) is 1.51. The fourth-order valence-corrected chi connectivity index (χ4v) is 0.920. The molecule has 2 nitrogen and oxygen atoms in total. The molecule has 0 heterocycles. The molecule has 0 spiro atoms. The van der Waals surface area contributed by atoms with Crippen LogP contribution in [0.1, 0.15) is 13.3 Å². The summed E-state index contributed by atoms with van der Waals surface area (Å²) in [5.74, 6) is 0.918. The molecule has 0 radical (unpaired) electrons. The SMILES string of the molecule is CCCSC(O)CO. The summed E-state index contributed by atoms with van der Waals surface area (Å²) in [7, 11) is 0. The van der Waals surface area contributed by atoms with Gasteiger partial charge in [-0.15, -0.1) is 11.8 Å². The largest absolute Gasteiger partial charge is 0.393 e. The third-order valence-corrected chi connectivity index (χ3v) is 1.85. The van der Waals surface area contributed by atoms with Gasteiger partial charge in [0.05, 0.1) is 6.61 Å². The summed E-state index contributed by atoms with van der Waals surface area (Å²) in [4.78, 5) is 0. The van der Waals surface area contributed by atoms with Crippen LogP contribution in [0.25, 0.3) is 0 Å². The second kappa shape index (κ2) is 5.41. The Bertz CT molecular complexity index is 49.7. The zero-order valence-corrected chi connectivity index (χ0v) is 5.82. The zero-order chi connectivity index (χ0) is 6.41. The lowest BCUT2D eigenvalue weighted by molar-refractivity contribution is 0.160. The summed E-state index contributed by atoms with van der Waals surface area (Å²) < 4.78 is 0. The third-order valence-electron chi connectivity index (χ3n) is 0.671. The molecule has 0 aromatic carbocycles. The van der Waals surface area contributed by atoms with Gasteiger partial charge in [0.2, 0.25) is 0 Å². The van der Waals surface area contributed by atoms with E-state index in [0.717, 1.165) is 12.2 Å². The summed E-state index contributed by atoms with van der Waals surface area (Å²) in [5.41, 5.74) is -0.574. The highest BCUT2D eigenvalue weighted by atomic mass is 32.2. The van der Waals surface area contributed by atoms with Crippen molar-refractivity contribution < 1.29 is 10.2 Å². The molecule has 0 aliphatic rings. The van der Waals surface area contributed by atoms with Gasteiger partial charge in [0.1, 0.15) is 5.44 Å². The Morgan fingerprint density at radius 3 is 2.62 bits per heavy atom. The van der Waals surface area contributed by atoms with Crippen molar-refractivity contribution in [2.45, 2.75) is 18.8 Å². The molecule has 0 saturated heterocycles. The molecule has 0 aromatic rings. The van der Waals surface area contributed by atoms with Crippen molar-refractivity contribution in [1.82, 2.24) is 0 Å². The fraction of sp³-hybridized carbons (Fsp3) is 1.00. The van der Waals surface area contributed by atoms with Crippen LogP contribution in [-0.2, 0) is 0 Å². The summed E-state index contributed by atoms with van der Waals surface area (Å²) >= 11 is 1.38. The lowest BCUT2D eigenvalue weighted by Gasteiger charge is -2.02. The van der Waals surface area contributed by atoms with Gasteiger partial charge in [0.25, 0.3) is 0 Å². The van der Waals surface area contributed by atoms with Crippen molar-refractivity contribution in [2.75, 3.05) is 12.4 Å². The van der Waals surface area contributed by atoms with Crippen molar-refractivity contribution in [3.05, 3.63) is 0 Å². The predicted molar refractivity (Wildman–Crippen MR) is 35.8 cm³/mol. The van der Waals surface area contributed by atoms with Crippen molar-refractivity contribution >= 4 is 11.8 Å². The second-order valence-corrected chi connectivity index (χ2v) is 2.79. The Hall–Kier alpha value is 0.270. The summed E-state index contributed by atoms with van der Waals surface area (Å²) in [6.07, 6.45) is 1.04. The first-order valence-electron chi connectivity index (χ1n) is 2.71. The highest BCUT2D eigenvalue weighted by molar-refractivity contribution is 7.99. The first-order valence-corrected chi connectivity index (χ1v) is 3.76. The van der Waals surface area contributed by atoms with Crippen LogP contribution in [0.4, 0.5) is 0 Å². The van der Waals surface area contributed by atoms with Crippen LogP contribution in [0.5, 0.6) is 0 Å². The minimum absolute atomic E-state index is 0.134. The molecule has 0 amide bonds. The van der Waals surface area contributed by atoms with E-state index < -0.39 is 5.44 Å². The minimum atomic E-state index is -0.574. The fourth-order valence-electron chi connectivity index (χ4n) is 0.307. The Balaban J connectivity index is 2.86. The molecule has 8 heavy (non-hydrogen) atoms. The van der Waals surface area contributed by atoms with E-state index in [-0.39, 0.29) is 6.61 Å². The van der Waals surface area contributed by atoms with Crippen LogP contribution < -0.4 is 0 Å². The maximum absolute atomic E-state index is 8.70. The van der Waals surface area contributed by atoms with Crippen LogP contribution >= 0.6 is 11.8 Å². The number of thioether (sulfide) groups is 1. The van der Waals surface area contributed by atoms with Gasteiger partial charge < -0.3 is 10.2 Å². The molecular weight excluding hydrogens is 124 g/mol. The van der Waals surface area contributed by atoms with Gasteiger partial charge in [-0.3, -0.25) is 0 Å². The van der Waals surface area contributed by atoms with Crippen LogP contribution in [-0.4, -0.2) is 28.0 Å². The summed E-state index contributed by atoms with van der Waals surface area (Å²) in [6.45, 7) is 1.90. The first-order chi connectivity index (χ1) is 3.81. The topological polar surface area (TPSA) is 40.5 Å². The molecule has 0 aromatic heterocycles. The van der Waals surface area contributed by atoms with E-state index >= 15 is 0 Å². The van der Waals surface area contributed by atoms with Gasteiger partial charge in [-0.25, -0.2) is 0 Å². The van der Waals surface area contributed by atoms with Gasteiger partial charge in [-0.1, -0.05) is 6.92 Å². The van der Waals surface area contributed by atoms with E-state index in [1.165, 1.54) is 11.8 Å². The number of hydrogen-bond donors (Lipinski definition) is 2. The van der Waals surface area contributed by atoms with E-state index in [0.29, 0.717) is 0 Å². The average Bonchev–Trinajstić information content (AvgIpc) is 1.83. The maximum atomic E-state index is 8.70. The Kier molecular flexibility index (Phi) is 5.59. The van der Waals surface area contributed by atoms with Crippen LogP contribution in [0.2, 0.25) is 0 Å². The maximum Gasteiger partial charge on any atom is 0.122 e. The van der Waals surface area contributed by atoms with Crippen molar-refractivity contribution in [1.29, 1.82) is 0 Å². The third kappa shape index (κ3) is 4.43. The number of aliphatic hydroxyl groups is 2. The van der Waals surface area contributed by atoms with Crippen LogP contribution in [0.15, 0.2) is 0 Å². The zero-order valence-electron chi connectivity index (χ0n) is 5.00. The number of rotatable bonds is 4. The summed E-state index contributed by atoms with van der Waals surface area (Å²) in [6, 6.07) is 0. The Morgan fingerprint density at radius 2 is 2.25 bits per heavy atom. The van der Waals surface area contributed by atoms with E-state index in [1.54, 1.807) is 0 Å². The molecule has 0 aliphatic carbocycles. The van der Waals surface area contributed by atoms with E-state index in [1.807, 2.05) is 6.92 Å². The highest BCUT2D eigenvalue weighted by Gasteiger charge is 1.98. The van der Waals surface area contributed by atoms with Crippen molar-refractivity contribution in [3.63, 3.8) is 0 Å². The van der Waals surface area contributed by atoms with Crippen molar-refractivity contribution in [2.24, 2.45) is 0 Å². The van der Waals surface area contributed by atoms with Crippen LogP contribution in [0.3, 0.4) is 0 Å². The molecule has 0 aliphatic heterocycles. The molecule has 1 unspecified atom stereocenters.